The molecule has 8 heteroatoms. The van der Waals surface area contributed by atoms with Crippen molar-refractivity contribution in [1.29, 1.82) is 0 Å². The fourth-order valence-electron chi connectivity index (χ4n) is 3.32. The van der Waals surface area contributed by atoms with Crippen LogP contribution in [0.4, 0.5) is 5.95 Å². The summed E-state index contributed by atoms with van der Waals surface area (Å²) in [6, 6.07) is 5.67. The average molecular weight is 344 g/mol. The third-order valence-corrected chi connectivity index (χ3v) is 4.65. The van der Waals surface area contributed by atoms with Crippen molar-refractivity contribution in [2.24, 2.45) is 11.3 Å². The highest BCUT2D eigenvalue weighted by atomic mass is 35.5. The molecule has 1 saturated heterocycles. The molecular weight excluding hydrogens is 325 g/mol. The number of amides is 1. The van der Waals surface area contributed by atoms with E-state index in [0.29, 0.717) is 5.95 Å². The van der Waals surface area contributed by atoms with Gasteiger partial charge in [-0.15, -0.1) is 35.0 Å². The van der Waals surface area contributed by atoms with Crippen LogP contribution in [0.2, 0.25) is 0 Å². The number of anilines is 1. The molecule has 2 N–H and O–H groups in total. The van der Waals surface area contributed by atoms with Crippen LogP contribution < -0.4 is 10.6 Å². The number of hydrogen-bond acceptors (Lipinski definition) is 4. The molecule has 0 aromatic carbocycles. The summed E-state index contributed by atoms with van der Waals surface area (Å²) in [6.45, 7) is 2.05. The average Bonchev–Trinajstić information content (AvgIpc) is 3.02. The number of aromatic nitrogens is 3. The van der Waals surface area contributed by atoms with Gasteiger partial charge in [0.15, 0.2) is 5.65 Å². The zero-order valence-corrected chi connectivity index (χ0v) is 13.6. The molecule has 1 saturated carbocycles. The van der Waals surface area contributed by atoms with E-state index >= 15 is 0 Å². The van der Waals surface area contributed by atoms with Crippen molar-refractivity contribution in [2.45, 2.75) is 19.3 Å². The molecule has 2 aliphatic rings. The monoisotopic (exact) mass is 343 g/mol. The minimum atomic E-state index is 0. The molecule has 6 nitrogen and oxygen atoms in total. The van der Waals surface area contributed by atoms with Crippen molar-refractivity contribution in [1.82, 2.24) is 19.9 Å². The second-order valence-electron chi connectivity index (χ2n) is 5.81. The van der Waals surface area contributed by atoms with Crippen molar-refractivity contribution < 1.29 is 4.79 Å². The topological polar surface area (TPSA) is 71.3 Å². The van der Waals surface area contributed by atoms with Gasteiger partial charge >= 0.3 is 0 Å². The van der Waals surface area contributed by atoms with Gasteiger partial charge in [-0.3, -0.25) is 14.5 Å². The fourth-order valence-corrected chi connectivity index (χ4v) is 3.32. The number of halogens is 2. The Kier molecular flexibility index (Phi) is 4.94. The van der Waals surface area contributed by atoms with Gasteiger partial charge in [-0.2, -0.15) is 0 Å². The van der Waals surface area contributed by atoms with Crippen LogP contribution in [0.25, 0.3) is 5.65 Å². The summed E-state index contributed by atoms with van der Waals surface area (Å²) in [5.41, 5.74) is 0.991. The summed E-state index contributed by atoms with van der Waals surface area (Å²) in [6.07, 6.45) is 5.08. The first-order chi connectivity index (χ1) is 9.78. The first-order valence-corrected chi connectivity index (χ1v) is 7.10. The SMILES string of the molecule is Cl.Cl.O=C(Nc1nnc2ccccn12)C1CC12CCNCC2. The van der Waals surface area contributed by atoms with Crippen LogP contribution in [0, 0.1) is 11.3 Å². The Morgan fingerprint density at radius 2 is 2.05 bits per heavy atom. The molecule has 120 valence electrons. The van der Waals surface area contributed by atoms with Gasteiger partial charge in [0, 0.05) is 12.1 Å². The maximum Gasteiger partial charge on any atom is 0.235 e. The smallest absolute Gasteiger partial charge is 0.235 e. The zero-order chi connectivity index (χ0) is 13.6. The molecule has 1 atom stereocenters. The number of nitrogens with zero attached hydrogens (tertiary/aromatic N) is 3. The third kappa shape index (κ3) is 2.78. The minimum absolute atomic E-state index is 0. The molecule has 2 fully saturated rings. The summed E-state index contributed by atoms with van der Waals surface area (Å²) >= 11 is 0. The van der Waals surface area contributed by atoms with Gasteiger partial charge in [0.2, 0.25) is 11.9 Å². The lowest BCUT2D eigenvalue weighted by atomic mass is 9.92. The Balaban J connectivity index is 0.000000882. The molecule has 1 spiro atoms. The maximum absolute atomic E-state index is 12.4. The normalized spacial score (nSPS) is 21.7. The van der Waals surface area contributed by atoms with E-state index < -0.39 is 0 Å². The molecule has 1 unspecified atom stereocenters. The molecule has 0 bridgehead atoms. The molecular formula is C14H19Cl2N5O. The molecule has 1 aliphatic heterocycles. The second kappa shape index (κ2) is 6.40. The highest BCUT2D eigenvalue weighted by Gasteiger charge is 2.57. The number of fused-ring (bicyclic) bond motifs is 1. The van der Waals surface area contributed by atoms with Gasteiger partial charge in [0.1, 0.15) is 0 Å². The highest BCUT2D eigenvalue weighted by molar-refractivity contribution is 5.94. The number of rotatable bonds is 2. The predicted octanol–water partition coefficient (Wildman–Crippen LogP) is 1.90. The van der Waals surface area contributed by atoms with Gasteiger partial charge in [0.05, 0.1) is 0 Å². The zero-order valence-electron chi connectivity index (χ0n) is 12.0. The fraction of sp³-hybridized carbons (Fsp3) is 0.500. The Labute approximate surface area is 140 Å². The lowest BCUT2D eigenvalue weighted by Crippen LogP contribution is -2.31. The van der Waals surface area contributed by atoms with Crippen LogP contribution in [0.3, 0.4) is 0 Å². The Bertz CT molecular complexity index is 668. The van der Waals surface area contributed by atoms with E-state index in [1.54, 1.807) is 4.40 Å². The quantitative estimate of drug-likeness (QED) is 0.873. The summed E-state index contributed by atoms with van der Waals surface area (Å²) in [5.74, 6) is 0.743. The largest absolute Gasteiger partial charge is 0.317 e. The first kappa shape index (κ1) is 17.0. The molecule has 2 aromatic rings. The van der Waals surface area contributed by atoms with Crippen LogP contribution in [0.1, 0.15) is 19.3 Å². The van der Waals surface area contributed by atoms with E-state index in [1.165, 1.54) is 0 Å². The summed E-state index contributed by atoms with van der Waals surface area (Å²) in [4.78, 5) is 12.4. The first-order valence-electron chi connectivity index (χ1n) is 7.10. The summed E-state index contributed by atoms with van der Waals surface area (Å²) in [5, 5.41) is 14.4. The van der Waals surface area contributed by atoms with Crippen molar-refractivity contribution in [2.75, 3.05) is 18.4 Å². The number of piperidine rings is 1. The standard InChI is InChI=1S/C14H17N5O.2ClH/c20-12(10-9-14(10)4-6-15-7-5-14)16-13-18-17-11-3-1-2-8-19(11)13;;/h1-3,8,10,15H,4-7,9H2,(H,16,18,20);2*1H. The second-order valence-corrected chi connectivity index (χ2v) is 5.81. The molecule has 1 aliphatic carbocycles. The predicted molar refractivity (Wildman–Crippen MR) is 88.8 cm³/mol. The van der Waals surface area contributed by atoms with Crippen LogP contribution >= 0.6 is 24.8 Å². The number of carbonyl (C=O) groups excluding carboxylic acids is 1. The number of nitrogens with one attached hydrogen (secondary N) is 2. The molecule has 22 heavy (non-hydrogen) atoms. The van der Waals surface area contributed by atoms with E-state index in [0.717, 1.165) is 38.0 Å². The Morgan fingerprint density at radius 1 is 1.27 bits per heavy atom. The summed E-state index contributed by atoms with van der Waals surface area (Å²) in [7, 11) is 0. The van der Waals surface area contributed by atoms with Gasteiger partial charge in [0.25, 0.3) is 0 Å². The minimum Gasteiger partial charge on any atom is -0.317 e. The van der Waals surface area contributed by atoms with E-state index in [4.69, 9.17) is 0 Å². The van der Waals surface area contributed by atoms with Crippen molar-refractivity contribution in [3.8, 4) is 0 Å². The van der Waals surface area contributed by atoms with Crippen LogP contribution in [0.15, 0.2) is 24.4 Å². The van der Waals surface area contributed by atoms with Gasteiger partial charge in [-0.25, -0.2) is 0 Å². The van der Waals surface area contributed by atoms with Crippen molar-refractivity contribution >= 4 is 42.3 Å². The van der Waals surface area contributed by atoms with Crippen LogP contribution in [0.5, 0.6) is 0 Å². The van der Waals surface area contributed by atoms with Crippen molar-refractivity contribution in [3.63, 3.8) is 0 Å². The molecule has 4 rings (SSSR count). The number of carbonyl (C=O) groups is 1. The molecule has 2 aromatic heterocycles. The van der Waals surface area contributed by atoms with Gasteiger partial charge in [-0.05, 0) is 49.9 Å². The van der Waals surface area contributed by atoms with E-state index in [2.05, 4.69) is 20.8 Å². The summed E-state index contributed by atoms with van der Waals surface area (Å²) < 4.78 is 1.80. The molecule has 1 amide bonds. The van der Waals surface area contributed by atoms with Crippen LogP contribution in [-0.2, 0) is 4.79 Å². The number of pyridine rings is 1. The third-order valence-electron chi connectivity index (χ3n) is 4.65. The maximum atomic E-state index is 12.4. The lowest BCUT2D eigenvalue weighted by Gasteiger charge is -2.23. The Hall–Kier alpha value is -1.37. The highest BCUT2D eigenvalue weighted by Crippen LogP contribution is 2.58. The van der Waals surface area contributed by atoms with E-state index in [-0.39, 0.29) is 42.1 Å². The molecule has 0 radical (unpaired) electrons. The van der Waals surface area contributed by atoms with E-state index in [1.807, 2.05) is 24.4 Å². The molecule has 3 heterocycles. The lowest BCUT2D eigenvalue weighted by molar-refractivity contribution is -0.118. The van der Waals surface area contributed by atoms with Gasteiger partial charge in [-0.1, -0.05) is 6.07 Å². The Morgan fingerprint density at radius 3 is 2.82 bits per heavy atom. The van der Waals surface area contributed by atoms with Crippen molar-refractivity contribution in [3.05, 3.63) is 24.4 Å². The number of hydrogen-bond donors (Lipinski definition) is 2. The van der Waals surface area contributed by atoms with Crippen LogP contribution in [-0.4, -0.2) is 33.6 Å². The van der Waals surface area contributed by atoms with E-state index in [9.17, 15) is 4.79 Å². The van der Waals surface area contributed by atoms with Gasteiger partial charge < -0.3 is 5.32 Å².